The van der Waals surface area contributed by atoms with Crippen LogP contribution in [0.15, 0.2) is 53.4 Å². The highest BCUT2D eigenvalue weighted by molar-refractivity contribution is 8.18. The standard InChI is InChI=1S/C22H21FN2O4S/c1-14(2)29-17-9-7-15(8-10-17)20(26)24-11-12-25-21(27)19(30-22(25)28)13-16-5-3-4-6-18(16)23/h3-10,13-14H,11-12H2,1-2H3,(H,24,26)/b19-13-. The van der Waals surface area contributed by atoms with E-state index in [-0.39, 0.29) is 35.6 Å². The minimum atomic E-state index is -0.502. The van der Waals surface area contributed by atoms with Crippen LogP contribution in [0.25, 0.3) is 6.08 Å². The number of benzene rings is 2. The third kappa shape index (κ3) is 5.27. The summed E-state index contributed by atoms with van der Waals surface area (Å²) in [4.78, 5) is 38.1. The number of hydrogen-bond donors (Lipinski definition) is 1. The number of carbonyl (C=O) groups excluding carboxylic acids is 3. The maximum atomic E-state index is 13.8. The molecule has 1 saturated heterocycles. The van der Waals surface area contributed by atoms with Crippen LogP contribution in [0.5, 0.6) is 5.75 Å². The third-order valence-corrected chi connectivity index (χ3v) is 5.08. The van der Waals surface area contributed by atoms with Gasteiger partial charge in [-0.3, -0.25) is 19.3 Å². The molecule has 8 heteroatoms. The lowest BCUT2D eigenvalue weighted by atomic mass is 10.2. The molecular formula is C22H21FN2O4S. The lowest BCUT2D eigenvalue weighted by molar-refractivity contribution is -0.122. The molecule has 0 bridgehead atoms. The molecule has 0 aliphatic carbocycles. The van der Waals surface area contributed by atoms with E-state index in [9.17, 15) is 18.8 Å². The molecule has 1 heterocycles. The summed E-state index contributed by atoms with van der Waals surface area (Å²) in [6.45, 7) is 3.96. The second-order valence-electron chi connectivity index (χ2n) is 6.80. The van der Waals surface area contributed by atoms with Crippen molar-refractivity contribution in [3.8, 4) is 5.75 Å². The van der Waals surface area contributed by atoms with Crippen LogP contribution in [0.1, 0.15) is 29.8 Å². The molecule has 156 valence electrons. The largest absolute Gasteiger partial charge is 0.491 e. The lowest BCUT2D eigenvalue weighted by Gasteiger charge is -2.13. The highest BCUT2D eigenvalue weighted by Crippen LogP contribution is 2.32. The van der Waals surface area contributed by atoms with Crippen molar-refractivity contribution in [3.05, 3.63) is 70.4 Å². The normalized spacial score (nSPS) is 15.2. The molecule has 0 radical (unpaired) electrons. The molecule has 0 aromatic heterocycles. The van der Waals surface area contributed by atoms with E-state index in [1.54, 1.807) is 36.4 Å². The Balaban J connectivity index is 1.55. The monoisotopic (exact) mass is 428 g/mol. The van der Waals surface area contributed by atoms with Crippen molar-refractivity contribution in [1.82, 2.24) is 10.2 Å². The number of amides is 3. The minimum Gasteiger partial charge on any atom is -0.491 e. The highest BCUT2D eigenvalue weighted by Gasteiger charge is 2.34. The van der Waals surface area contributed by atoms with Crippen LogP contribution in [-0.2, 0) is 4.79 Å². The van der Waals surface area contributed by atoms with Gasteiger partial charge in [-0.1, -0.05) is 18.2 Å². The molecule has 0 spiro atoms. The minimum absolute atomic E-state index is 0.0273. The maximum absolute atomic E-state index is 13.8. The highest BCUT2D eigenvalue weighted by atomic mass is 32.2. The fourth-order valence-corrected chi connectivity index (χ4v) is 3.62. The average molecular weight is 428 g/mol. The van der Waals surface area contributed by atoms with Gasteiger partial charge in [0.15, 0.2) is 0 Å². The molecular weight excluding hydrogens is 407 g/mol. The zero-order chi connectivity index (χ0) is 21.7. The molecule has 1 aliphatic rings. The van der Waals surface area contributed by atoms with E-state index in [2.05, 4.69) is 5.32 Å². The fraction of sp³-hybridized carbons (Fsp3) is 0.227. The van der Waals surface area contributed by atoms with Crippen LogP contribution in [0, 0.1) is 5.82 Å². The second kappa shape index (κ2) is 9.58. The summed E-state index contributed by atoms with van der Waals surface area (Å²) in [5.41, 5.74) is 0.681. The van der Waals surface area contributed by atoms with Crippen LogP contribution in [-0.4, -0.2) is 41.1 Å². The molecule has 1 aliphatic heterocycles. The van der Waals surface area contributed by atoms with Gasteiger partial charge in [-0.25, -0.2) is 4.39 Å². The molecule has 0 unspecified atom stereocenters. The van der Waals surface area contributed by atoms with E-state index in [0.29, 0.717) is 11.3 Å². The predicted octanol–water partition coefficient (Wildman–Crippen LogP) is 4.08. The number of nitrogens with one attached hydrogen (secondary N) is 1. The zero-order valence-electron chi connectivity index (χ0n) is 16.6. The first-order valence-corrected chi connectivity index (χ1v) is 10.2. The van der Waals surface area contributed by atoms with Gasteiger partial charge in [-0.05, 0) is 62.0 Å². The van der Waals surface area contributed by atoms with Gasteiger partial charge in [0.25, 0.3) is 17.1 Å². The van der Waals surface area contributed by atoms with Crippen molar-refractivity contribution in [2.24, 2.45) is 0 Å². The maximum Gasteiger partial charge on any atom is 0.293 e. The van der Waals surface area contributed by atoms with Crippen molar-refractivity contribution in [2.75, 3.05) is 13.1 Å². The molecule has 6 nitrogen and oxygen atoms in total. The summed E-state index contributed by atoms with van der Waals surface area (Å²) in [5, 5.41) is 2.23. The van der Waals surface area contributed by atoms with Crippen LogP contribution in [0.3, 0.4) is 0 Å². The molecule has 0 atom stereocenters. The van der Waals surface area contributed by atoms with Crippen molar-refractivity contribution in [2.45, 2.75) is 20.0 Å². The summed E-state index contributed by atoms with van der Waals surface area (Å²) in [5.74, 6) is -0.625. The van der Waals surface area contributed by atoms with Gasteiger partial charge < -0.3 is 10.1 Å². The summed E-state index contributed by atoms with van der Waals surface area (Å²) in [7, 11) is 0. The van der Waals surface area contributed by atoms with Crippen molar-refractivity contribution in [3.63, 3.8) is 0 Å². The summed E-state index contributed by atoms with van der Waals surface area (Å²) in [6, 6.07) is 12.7. The molecule has 0 saturated carbocycles. The Kier molecular flexibility index (Phi) is 6.89. The molecule has 30 heavy (non-hydrogen) atoms. The number of thioether (sulfide) groups is 1. The number of hydrogen-bond acceptors (Lipinski definition) is 5. The van der Waals surface area contributed by atoms with Gasteiger partial charge in [0.05, 0.1) is 11.0 Å². The Morgan fingerprint density at radius 2 is 1.87 bits per heavy atom. The number of halogens is 1. The Morgan fingerprint density at radius 3 is 2.53 bits per heavy atom. The third-order valence-electron chi connectivity index (χ3n) is 4.17. The van der Waals surface area contributed by atoms with Gasteiger partial charge in [0.2, 0.25) is 0 Å². The smallest absolute Gasteiger partial charge is 0.293 e. The van der Waals surface area contributed by atoms with Crippen molar-refractivity contribution >= 4 is 34.9 Å². The van der Waals surface area contributed by atoms with Crippen LogP contribution in [0.2, 0.25) is 0 Å². The summed E-state index contributed by atoms with van der Waals surface area (Å²) >= 11 is 0.752. The van der Waals surface area contributed by atoms with E-state index in [0.717, 1.165) is 16.7 Å². The van der Waals surface area contributed by atoms with Gasteiger partial charge in [-0.2, -0.15) is 0 Å². The number of imide groups is 1. The summed E-state index contributed by atoms with van der Waals surface area (Å²) in [6.07, 6.45) is 1.40. The quantitative estimate of drug-likeness (QED) is 0.673. The first-order valence-electron chi connectivity index (χ1n) is 9.40. The first-order chi connectivity index (χ1) is 14.3. The second-order valence-corrected chi connectivity index (χ2v) is 7.79. The fourth-order valence-electron chi connectivity index (χ4n) is 2.77. The molecule has 1 fully saturated rings. The van der Waals surface area contributed by atoms with Gasteiger partial charge in [0, 0.05) is 24.2 Å². The van der Waals surface area contributed by atoms with Gasteiger partial charge in [-0.15, -0.1) is 0 Å². The molecule has 3 amide bonds. The Hall–Kier alpha value is -3.13. The number of nitrogens with zero attached hydrogens (tertiary/aromatic N) is 1. The summed E-state index contributed by atoms with van der Waals surface area (Å²) < 4.78 is 19.3. The lowest BCUT2D eigenvalue weighted by Crippen LogP contribution is -2.37. The van der Waals surface area contributed by atoms with Crippen molar-refractivity contribution in [1.29, 1.82) is 0 Å². The van der Waals surface area contributed by atoms with E-state index >= 15 is 0 Å². The molecule has 1 N–H and O–H groups in total. The van der Waals surface area contributed by atoms with E-state index in [4.69, 9.17) is 4.74 Å². The number of rotatable bonds is 7. The molecule has 2 aromatic rings. The number of ether oxygens (including phenoxy) is 1. The Labute approximate surface area is 178 Å². The topological polar surface area (TPSA) is 75.7 Å². The van der Waals surface area contributed by atoms with Crippen LogP contribution >= 0.6 is 11.8 Å². The molecule has 3 rings (SSSR count). The van der Waals surface area contributed by atoms with E-state index in [1.165, 1.54) is 18.2 Å². The van der Waals surface area contributed by atoms with Crippen LogP contribution in [0.4, 0.5) is 9.18 Å². The van der Waals surface area contributed by atoms with E-state index < -0.39 is 17.0 Å². The Bertz CT molecular complexity index is 989. The molecule has 2 aromatic carbocycles. The van der Waals surface area contributed by atoms with Crippen LogP contribution < -0.4 is 10.1 Å². The van der Waals surface area contributed by atoms with E-state index in [1.807, 2.05) is 13.8 Å². The SMILES string of the molecule is CC(C)Oc1ccc(C(=O)NCCN2C(=O)S/C(=C\c3ccccc3F)C2=O)cc1. The van der Waals surface area contributed by atoms with Gasteiger partial charge in [0.1, 0.15) is 11.6 Å². The zero-order valence-corrected chi connectivity index (χ0v) is 17.4. The Morgan fingerprint density at radius 1 is 1.17 bits per heavy atom. The van der Waals surface area contributed by atoms with Gasteiger partial charge >= 0.3 is 0 Å². The predicted molar refractivity (Wildman–Crippen MR) is 114 cm³/mol. The average Bonchev–Trinajstić information content (AvgIpc) is 2.97. The first kappa shape index (κ1) is 21.6. The van der Waals surface area contributed by atoms with Crippen molar-refractivity contribution < 1.29 is 23.5 Å². The number of carbonyl (C=O) groups is 3.